The van der Waals surface area contributed by atoms with E-state index in [0.29, 0.717) is 13.1 Å². The monoisotopic (exact) mass is 467 g/mol. The zero-order valence-electron chi connectivity index (χ0n) is 16.8. The van der Waals surface area contributed by atoms with E-state index in [2.05, 4.69) is 5.32 Å². The van der Waals surface area contributed by atoms with Crippen LogP contribution < -0.4 is 10.1 Å². The lowest BCUT2D eigenvalue weighted by molar-refractivity contribution is -0.384. The maximum Gasteiger partial charge on any atom is 0.288 e. The number of nitro groups is 1. The molecule has 2 aromatic carbocycles. The number of methoxy groups -OCH3 is 1. The Morgan fingerprint density at radius 3 is 2.42 bits per heavy atom. The molecule has 0 spiro atoms. The second kappa shape index (κ2) is 9.63. The molecule has 11 heteroatoms. The van der Waals surface area contributed by atoms with E-state index < -0.39 is 26.5 Å². The minimum Gasteiger partial charge on any atom is -0.495 e. The fraction of sp³-hybridized carbons (Fsp3) is 0.350. The molecule has 1 amide bonds. The van der Waals surface area contributed by atoms with Gasteiger partial charge in [0.05, 0.1) is 22.6 Å². The van der Waals surface area contributed by atoms with Crippen molar-refractivity contribution in [1.29, 1.82) is 0 Å². The van der Waals surface area contributed by atoms with Crippen molar-refractivity contribution in [2.75, 3.05) is 25.5 Å². The molecule has 0 saturated carbocycles. The predicted molar refractivity (Wildman–Crippen MR) is 116 cm³/mol. The average molecular weight is 468 g/mol. The quantitative estimate of drug-likeness (QED) is 0.505. The summed E-state index contributed by atoms with van der Waals surface area (Å²) in [4.78, 5) is 23.1. The van der Waals surface area contributed by atoms with Crippen LogP contribution >= 0.6 is 11.6 Å². The van der Waals surface area contributed by atoms with Gasteiger partial charge in [-0.15, -0.1) is 0 Å². The summed E-state index contributed by atoms with van der Waals surface area (Å²) >= 11 is 5.80. The zero-order valence-corrected chi connectivity index (χ0v) is 18.4. The third kappa shape index (κ3) is 5.15. The Morgan fingerprint density at radius 1 is 1.13 bits per heavy atom. The molecule has 1 N–H and O–H groups in total. The molecule has 0 aliphatic carbocycles. The Morgan fingerprint density at radius 2 is 1.81 bits per heavy atom. The zero-order chi connectivity index (χ0) is 22.6. The fourth-order valence-electron chi connectivity index (χ4n) is 3.36. The first kappa shape index (κ1) is 23.0. The van der Waals surface area contributed by atoms with Crippen molar-refractivity contribution >= 4 is 38.9 Å². The van der Waals surface area contributed by atoms with Crippen LogP contribution in [0.3, 0.4) is 0 Å². The average Bonchev–Trinajstić information content (AvgIpc) is 3.04. The van der Waals surface area contributed by atoms with E-state index in [-0.39, 0.29) is 26.9 Å². The van der Waals surface area contributed by atoms with E-state index in [1.54, 1.807) is 0 Å². The second-order valence-electron chi connectivity index (χ2n) is 7.06. The predicted octanol–water partition coefficient (Wildman–Crippen LogP) is 4.07. The number of anilines is 1. The topological polar surface area (TPSA) is 119 Å². The largest absolute Gasteiger partial charge is 0.495 e. The van der Waals surface area contributed by atoms with E-state index in [1.165, 1.54) is 41.7 Å². The number of carbonyl (C=O) groups is 1. The highest BCUT2D eigenvalue weighted by atomic mass is 35.5. The number of nitrogens with zero attached hydrogens (tertiary/aromatic N) is 2. The molecular formula is C20H22ClN3O6S. The number of hydrogen-bond acceptors (Lipinski definition) is 6. The lowest BCUT2D eigenvalue weighted by atomic mass is 10.2. The molecule has 1 fully saturated rings. The van der Waals surface area contributed by atoms with Crippen molar-refractivity contribution < 1.29 is 22.9 Å². The number of carbonyl (C=O) groups excluding carboxylic acids is 1. The van der Waals surface area contributed by atoms with E-state index in [4.69, 9.17) is 16.3 Å². The van der Waals surface area contributed by atoms with Crippen LogP contribution in [-0.4, -0.2) is 43.8 Å². The normalized spacial score (nSPS) is 15.2. The first-order chi connectivity index (χ1) is 14.7. The number of sulfonamides is 1. The Labute approximate surface area is 185 Å². The maximum absolute atomic E-state index is 13.1. The van der Waals surface area contributed by atoms with Gasteiger partial charge in [-0.1, -0.05) is 24.4 Å². The SMILES string of the molecule is COc1ccc(S(=O)(=O)N2CCCCCC2)cc1NC(=O)c1ccc(Cl)c([N+](=O)[O-])c1. The van der Waals surface area contributed by atoms with E-state index >= 15 is 0 Å². The first-order valence-corrected chi connectivity index (χ1v) is 11.5. The van der Waals surface area contributed by atoms with Crippen molar-refractivity contribution in [2.24, 2.45) is 0 Å². The van der Waals surface area contributed by atoms with E-state index in [1.807, 2.05) is 0 Å². The Kier molecular flexibility index (Phi) is 7.14. The van der Waals surface area contributed by atoms with Gasteiger partial charge in [0.25, 0.3) is 11.6 Å². The summed E-state index contributed by atoms with van der Waals surface area (Å²) in [5, 5.41) is 13.6. The Balaban J connectivity index is 1.91. The summed E-state index contributed by atoms with van der Waals surface area (Å²) in [5.41, 5.74) is -0.265. The highest BCUT2D eigenvalue weighted by molar-refractivity contribution is 7.89. The summed E-state index contributed by atoms with van der Waals surface area (Å²) in [5.74, 6) is -0.408. The smallest absolute Gasteiger partial charge is 0.288 e. The molecule has 1 saturated heterocycles. The minimum atomic E-state index is -3.74. The lowest BCUT2D eigenvalue weighted by Gasteiger charge is -2.21. The van der Waals surface area contributed by atoms with Crippen LogP contribution in [0.5, 0.6) is 5.75 Å². The summed E-state index contributed by atoms with van der Waals surface area (Å²) in [6, 6.07) is 7.89. The van der Waals surface area contributed by atoms with Gasteiger partial charge >= 0.3 is 0 Å². The molecule has 0 aromatic heterocycles. The van der Waals surface area contributed by atoms with E-state index in [0.717, 1.165) is 31.7 Å². The summed E-state index contributed by atoms with van der Waals surface area (Å²) < 4.78 is 32.9. The van der Waals surface area contributed by atoms with E-state index in [9.17, 15) is 23.3 Å². The molecule has 0 atom stereocenters. The molecule has 0 unspecified atom stereocenters. The van der Waals surface area contributed by atoms with Crippen LogP contribution in [0.4, 0.5) is 11.4 Å². The first-order valence-electron chi connectivity index (χ1n) is 9.67. The third-order valence-corrected chi connectivity index (χ3v) is 7.24. The minimum absolute atomic E-state index is 0.000989. The summed E-state index contributed by atoms with van der Waals surface area (Å²) in [6.07, 6.45) is 3.58. The Hall–Kier alpha value is -2.69. The summed E-state index contributed by atoms with van der Waals surface area (Å²) in [7, 11) is -2.35. The van der Waals surface area contributed by atoms with Gasteiger partial charge in [-0.3, -0.25) is 14.9 Å². The number of ether oxygens (including phenoxy) is 1. The van der Waals surface area contributed by atoms with Gasteiger partial charge in [-0.25, -0.2) is 8.42 Å². The molecule has 31 heavy (non-hydrogen) atoms. The van der Waals surface area contributed by atoms with Crippen molar-refractivity contribution in [3.05, 3.63) is 57.1 Å². The summed E-state index contributed by atoms with van der Waals surface area (Å²) in [6.45, 7) is 0.898. The van der Waals surface area contributed by atoms with Crippen LogP contribution in [0.2, 0.25) is 5.02 Å². The van der Waals surface area contributed by atoms with Gasteiger partial charge in [0, 0.05) is 24.7 Å². The van der Waals surface area contributed by atoms with Crippen molar-refractivity contribution in [3.8, 4) is 5.75 Å². The number of benzene rings is 2. The fourth-order valence-corrected chi connectivity index (χ4v) is 5.10. The van der Waals surface area contributed by atoms with Gasteiger partial charge in [-0.05, 0) is 43.2 Å². The lowest BCUT2D eigenvalue weighted by Crippen LogP contribution is -2.32. The second-order valence-corrected chi connectivity index (χ2v) is 9.40. The highest BCUT2D eigenvalue weighted by Crippen LogP contribution is 2.31. The number of nitrogens with one attached hydrogen (secondary N) is 1. The van der Waals surface area contributed by atoms with Crippen LogP contribution in [0.25, 0.3) is 0 Å². The number of nitro benzene ring substituents is 1. The van der Waals surface area contributed by atoms with Crippen LogP contribution in [-0.2, 0) is 10.0 Å². The van der Waals surface area contributed by atoms with Gasteiger partial charge < -0.3 is 10.1 Å². The van der Waals surface area contributed by atoms with Gasteiger partial charge in [-0.2, -0.15) is 4.31 Å². The van der Waals surface area contributed by atoms with Gasteiger partial charge in [0.2, 0.25) is 10.0 Å². The molecular weight excluding hydrogens is 446 g/mol. The molecule has 1 heterocycles. The Bertz CT molecular complexity index is 1100. The molecule has 3 rings (SSSR count). The molecule has 1 aliphatic heterocycles. The third-order valence-electron chi connectivity index (χ3n) is 5.03. The van der Waals surface area contributed by atoms with Gasteiger partial charge in [0.1, 0.15) is 10.8 Å². The molecule has 1 aliphatic rings. The van der Waals surface area contributed by atoms with Crippen molar-refractivity contribution in [1.82, 2.24) is 4.31 Å². The molecule has 166 valence electrons. The van der Waals surface area contributed by atoms with Gasteiger partial charge in [0.15, 0.2) is 0 Å². The number of amides is 1. The molecule has 9 nitrogen and oxygen atoms in total. The molecule has 2 aromatic rings. The van der Waals surface area contributed by atoms with Crippen LogP contribution in [0.15, 0.2) is 41.3 Å². The maximum atomic E-state index is 13.1. The number of rotatable bonds is 6. The van der Waals surface area contributed by atoms with Crippen LogP contribution in [0.1, 0.15) is 36.0 Å². The van der Waals surface area contributed by atoms with Crippen molar-refractivity contribution in [3.63, 3.8) is 0 Å². The molecule has 0 bridgehead atoms. The number of hydrogen-bond donors (Lipinski definition) is 1. The molecule has 0 radical (unpaired) electrons. The number of halogens is 1. The van der Waals surface area contributed by atoms with Crippen molar-refractivity contribution in [2.45, 2.75) is 30.6 Å². The van der Waals surface area contributed by atoms with Crippen LogP contribution in [0, 0.1) is 10.1 Å². The highest BCUT2D eigenvalue weighted by Gasteiger charge is 2.26. The standard InChI is InChI=1S/C20H22ClN3O6S/c1-30-19-9-7-15(31(28,29)23-10-4-2-3-5-11-23)13-17(19)22-20(25)14-6-8-16(21)18(12-14)24(26)27/h6-9,12-13H,2-5,10-11H2,1H3,(H,22,25).